The topological polar surface area (TPSA) is 111 Å². The number of aromatic nitrogens is 2. The normalized spacial score (nSPS) is 23.6. The highest BCUT2D eigenvalue weighted by Gasteiger charge is 2.33. The molecule has 8 heteroatoms. The molecule has 1 aromatic heterocycles. The van der Waals surface area contributed by atoms with Crippen molar-refractivity contribution in [2.45, 2.75) is 18.6 Å². The first-order valence-corrected chi connectivity index (χ1v) is 6.41. The minimum atomic E-state index is -0.393. The molecule has 4 N–H and O–H groups in total. The van der Waals surface area contributed by atoms with Crippen molar-refractivity contribution >= 4 is 11.8 Å². The quantitative estimate of drug-likeness (QED) is 0.283. The zero-order chi connectivity index (χ0) is 14.7. The first-order chi connectivity index (χ1) is 9.51. The van der Waals surface area contributed by atoms with Crippen LogP contribution in [-0.2, 0) is 0 Å². The van der Waals surface area contributed by atoms with E-state index in [4.69, 9.17) is 10.9 Å². The standard InChI is InChI=1S/C12H20N6O2/c1-17(2)6-8-5-9(19)7-18(8)12-14-4-3-10(15-12)11(13)16-20/h3-4,8-9,19-20H,5-7H2,1-2H3,(H2,13,16). The van der Waals surface area contributed by atoms with E-state index >= 15 is 0 Å². The number of aliphatic hydroxyl groups is 1. The first kappa shape index (κ1) is 14.5. The number of nitrogens with two attached hydrogens (primary N) is 1. The zero-order valence-corrected chi connectivity index (χ0v) is 11.6. The molecule has 1 fully saturated rings. The van der Waals surface area contributed by atoms with Crippen LogP contribution in [0.3, 0.4) is 0 Å². The molecular formula is C12H20N6O2. The highest BCUT2D eigenvalue weighted by Crippen LogP contribution is 2.23. The van der Waals surface area contributed by atoms with Gasteiger partial charge in [0.2, 0.25) is 5.95 Å². The molecule has 0 radical (unpaired) electrons. The fourth-order valence-corrected chi connectivity index (χ4v) is 2.41. The number of hydrogen-bond donors (Lipinski definition) is 3. The zero-order valence-electron chi connectivity index (χ0n) is 11.6. The Hall–Kier alpha value is -1.93. The summed E-state index contributed by atoms with van der Waals surface area (Å²) in [5.74, 6) is 0.426. The number of amidine groups is 1. The van der Waals surface area contributed by atoms with E-state index in [1.165, 1.54) is 0 Å². The van der Waals surface area contributed by atoms with E-state index in [0.29, 0.717) is 24.6 Å². The van der Waals surface area contributed by atoms with Crippen molar-refractivity contribution in [3.63, 3.8) is 0 Å². The van der Waals surface area contributed by atoms with Crippen LogP contribution < -0.4 is 10.6 Å². The third-order valence-corrected chi connectivity index (χ3v) is 3.24. The first-order valence-electron chi connectivity index (χ1n) is 6.41. The van der Waals surface area contributed by atoms with E-state index in [9.17, 15) is 5.11 Å². The number of rotatable bonds is 4. The molecule has 2 rings (SSSR count). The van der Waals surface area contributed by atoms with Crippen LogP contribution >= 0.6 is 0 Å². The minimum Gasteiger partial charge on any atom is -0.409 e. The number of nitrogens with zero attached hydrogens (tertiary/aromatic N) is 5. The van der Waals surface area contributed by atoms with Gasteiger partial charge >= 0.3 is 0 Å². The van der Waals surface area contributed by atoms with Gasteiger partial charge in [-0.3, -0.25) is 0 Å². The lowest BCUT2D eigenvalue weighted by Crippen LogP contribution is -2.38. The molecule has 110 valence electrons. The largest absolute Gasteiger partial charge is 0.409 e. The van der Waals surface area contributed by atoms with E-state index < -0.39 is 6.10 Å². The van der Waals surface area contributed by atoms with E-state index in [1.807, 2.05) is 19.0 Å². The van der Waals surface area contributed by atoms with Crippen LogP contribution in [0.5, 0.6) is 0 Å². The SMILES string of the molecule is CN(C)CC1CC(O)CN1c1nccc(/C(N)=N/O)n1. The molecule has 1 aliphatic rings. The molecule has 0 spiro atoms. The fourth-order valence-electron chi connectivity index (χ4n) is 2.41. The van der Waals surface area contributed by atoms with E-state index in [1.54, 1.807) is 12.3 Å². The molecule has 2 atom stereocenters. The van der Waals surface area contributed by atoms with Crippen LogP contribution in [0.15, 0.2) is 17.4 Å². The van der Waals surface area contributed by atoms with Crippen LogP contribution in [0.4, 0.5) is 5.95 Å². The van der Waals surface area contributed by atoms with Crippen LogP contribution in [0.25, 0.3) is 0 Å². The molecule has 1 aliphatic heterocycles. The molecule has 2 unspecified atom stereocenters. The molecule has 1 saturated heterocycles. The smallest absolute Gasteiger partial charge is 0.226 e. The number of oxime groups is 1. The van der Waals surface area contributed by atoms with Crippen molar-refractivity contribution in [3.05, 3.63) is 18.0 Å². The molecule has 20 heavy (non-hydrogen) atoms. The van der Waals surface area contributed by atoms with Crippen LogP contribution in [-0.4, -0.2) is 70.3 Å². The summed E-state index contributed by atoms with van der Waals surface area (Å²) in [5.41, 5.74) is 5.90. The van der Waals surface area contributed by atoms with E-state index in [2.05, 4.69) is 20.0 Å². The average molecular weight is 280 g/mol. The van der Waals surface area contributed by atoms with Gasteiger partial charge in [-0.2, -0.15) is 0 Å². The van der Waals surface area contributed by atoms with Crippen LogP contribution in [0, 0.1) is 0 Å². The summed E-state index contributed by atoms with van der Waals surface area (Å²) in [6, 6.07) is 1.72. The average Bonchev–Trinajstić information content (AvgIpc) is 2.78. The summed E-state index contributed by atoms with van der Waals surface area (Å²) in [6.45, 7) is 1.28. The molecule has 0 amide bonds. The van der Waals surface area contributed by atoms with E-state index in [0.717, 1.165) is 6.54 Å². The third kappa shape index (κ3) is 3.14. The summed E-state index contributed by atoms with van der Waals surface area (Å²) >= 11 is 0. The maximum Gasteiger partial charge on any atom is 0.226 e. The summed E-state index contributed by atoms with van der Waals surface area (Å²) in [4.78, 5) is 12.5. The van der Waals surface area contributed by atoms with Gasteiger partial charge in [0.05, 0.1) is 6.10 Å². The van der Waals surface area contributed by atoms with Gasteiger partial charge in [-0.25, -0.2) is 9.97 Å². The predicted molar refractivity (Wildman–Crippen MR) is 74.9 cm³/mol. The molecule has 8 nitrogen and oxygen atoms in total. The Kier molecular flexibility index (Phi) is 4.35. The molecule has 1 aromatic rings. The van der Waals surface area contributed by atoms with Gasteiger partial charge in [0.1, 0.15) is 5.69 Å². The van der Waals surface area contributed by atoms with Gasteiger partial charge in [0.25, 0.3) is 0 Å². The second-order valence-corrected chi connectivity index (χ2v) is 5.19. The number of β-amino-alcohol motifs (C(OH)–C–C–N with tert-alkyl or cyclic N) is 1. The Bertz CT molecular complexity index is 493. The van der Waals surface area contributed by atoms with Gasteiger partial charge in [-0.1, -0.05) is 5.16 Å². The molecule has 0 aliphatic carbocycles. The Morgan fingerprint density at radius 3 is 3.00 bits per heavy atom. The predicted octanol–water partition coefficient (Wildman–Crippen LogP) is -0.928. The van der Waals surface area contributed by atoms with Gasteiger partial charge in [-0.05, 0) is 26.6 Å². The van der Waals surface area contributed by atoms with Crippen molar-refractivity contribution < 1.29 is 10.3 Å². The van der Waals surface area contributed by atoms with Gasteiger partial charge < -0.3 is 25.8 Å². The van der Waals surface area contributed by atoms with Gasteiger partial charge in [0.15, 0.2) is 5.84 Å². The summed E-state index contributed by atoms with van der Waals surface area (Å²) in [7, 11) is 3.97. The van der Waals surface area contributed by atoms with Crippen LogP contribution in [0.2, 0.25) is 0 Å². The van der Waals surface area contributed by atoms with E-state index in [-0.39, 0.29) is 11.9 Å². The molecule has 0 aromatic carbocycles. The Morgan fingerprint density at radius 2 is 2.35 bits per heavy atom. The van der Waals surface area contributed by atoms with Crippen molar-refractivity contribution in [2.24, 2.45) is 10.9 Å². The monoisotopic (exact) mass is 280 g/mol. The third-order valence-electron chi connectivity index (χ3n) is 3.24. The molecular weight excluding hydrogens is 260 g/mol. The Balaban J connectivity index is 2.25. The molecule has 0 saturated carbocycles. The highest BCUT2D eigenvalue weighted by atomic mass is 16.4. The van der Waals surface area contributed by atoms with Crippen molar-refractivity contribution in [1.29, 1.82) is 0 Å². The summed E-state index contributed by atoms with van der Waals surface area (Å²) < 4.78 is 0. The second-order valence-electron chi connectivity index (χ2n) is 5.19. The van der Waals surface area contributed by atoms with Gasteiger partial charge in [0, 0.05) is 25.3 Å². The minimum absolute atomic E-state index is 0.0578. The maximum absolute atomic E-state index is 9.86. The number of hydrogen-bond acceptors (Lipinski definition) is 7. The number of likely N-dealkylation sites (N-methyl/N-ethyl adjacent to an activating group) is 1. The fraction of sp³-hybridized carbons (Fsp3) is 0.583. The van der Waals surface area contributed by atoms with Crippen molar-refractivity contribution in [3.8, 4) is 0 Å². The Morgan fingerprint density at radius 1 is 1.60 bits per heavy atom. The number of aliphatic hydroxyl groups excluding tert-OH is 1. The van der Waals surface area contributed by atoms with Crippen molar-refractivity contribution in [1.82, 2.24) is 14.9 Å². The molecule has 2 heterocycles. The lowest BCUT2D eigenvalue weighted by Gasteiger charge is -2.26. The number of anilines is 1. The van der Waals surface area contributed by atoms with Gasteiger partial charge in [-0.15, -0.1) is 0 Å². The maximum atomic E-state index is 9.86. The van der Waals surface area contributed by atoms with Crippen LogP contribution in [0.1, 0.15) is 12.1 Å². The van der Waals surface area contributed by atoms with Crippen molar-refractivity contribution in [2.75, 3.05) is 32.1 Å². The lowest BCUT2D eigenvalue weighted by atomic mass is 10.2. The lowest BCUT2D eigenvalue weighted by molar-refractivity contribution is 0.191. The summed E-state index contributed by atoms with van der Waals surface area (Å²) in [5, 5.41) is 21.5. The Labute approximate surface area is 117 Å². The summed E-state index contributed by atoms with van der Waals surface area (Å²) in [6.07, 6.45) is 1.85. The second kappa shape index (κ2) is 6.02. The molecule has 0 bridgehead atoms. The highest BCUT2D eigenvalue weighted by molar-refractivity contribution is 5.95.